The second kappa shape index (κ2) is 7.94. The van der Waals surface area contributed by atoms with Gasteiger partial charge in [0.05, 0.1) is 12.5 Å². The Bertz CT molecular complexity index is 649. The Morgan fingerprint density at radius 1 is 0.913 bits per heavy atom. The van der Waals surface area contributed by atoms with Gasteiger partial charge in [0.15, 0.2) is 0 Å². The van der Waals surface area contributed by atoms with Gasteiger partial charge in [-0.05, 0) is 55.0 Å². The van der Waals surface area contributed by atoms with E-state index >= 15 is 0 Å². The quantitative estimate of drug-likeness (QED) is 0.827. The van der Waals surface area contributed by atoms with Crippen molar-refractivity contribution in [1.29, 1.82) is 5.26 Å². The van der Waals surface area contributed by atoms with Crippen molar-refractivity contribution in [3.05, 3.63) is 71.3 Å². The molecule has 3 rings (SSSR count). The SMILES string of the molecule is N#CCc1ccccc1CN1CCC(Cc2ccccc2)CC1. The summed E-state index contributed by atoms with van der Waals surface area (Å²) in [7, 11) is 0. The van der Waals surface area contributed by atoms with Gasteiger partial charge in [-0.2, -0.15) is 5.26 Å². The van der Waals surface area contributed by atoms with E-state index < -0.39 is 0 Å². The van der Waals surface area contributed by atoms with Gasteiger partial charge in [-0.1, -0.05) is 54.6 Å². The zero-order valence-electron chi connectivity index (χ0n) is 13.6. The van der Waals surface area contributed by atoms with Gasteiger partial charge >= 0.3 is 0 Å². The third kappa shape index (κ3) is 4.43. The van der Waals surface area contributed by atoms with Gasteiger partial charge in [-0.25, -0.2) is 0 Å². The summed E-state index contributed by atoms with van der Waals surface area (Å²) >= 11 is 0. The summed E-state index contributed by atoms with van der Waals surface area (Å²) in [6.45, 7) is 3.31. The van der Waals surface area contributed by atoms with E-state index in [2.05, 4.69) is 59.5 Å². The van der Waals surface area contributed by atoms with Crippen molar-refractivity contribution in [1.82, 2.24) is 4.90 Å². The Morgan fingerprint density at radius 3 is 2.26 bits per heavy atom. The topological polar surface area (TPSA) is 27.0 Å². The van der Waals surface area contributed by atoms with Crippen molar-refractivity contribution < 1.29 is 0 Å². The zero-order chi connectivity index (χ0) is 15.9. The molecule has 0 atom stereocenters. The van der Waals surface area contributed by atoms with Crippen molar-refractivity contribution in [3.8, 4) is 6.07 Å². The smallest absolute Gasteiger partial charge is 0.0669 e. The molecule has 2 heteroatoms. The Kier molecular flexibility index (Phi) is 5.45. The largest absolute Gasteiger partial charge is 0.299 e. The van der Waals surface area contributed by atoms with Crippen molar-refractivity contribution in [2.75, 3.05) is 13.1 Å². The molecule has 0 saturated carbocycles. The molecule has 0 N–H and O–H groups in total. The van der Waals surface area contributed by atoms with Gasteiger partial charge in [0, 0.05) is 6.54 Å². The van der Waals surface area contributed by atoms with E-state index in [0.29, 0.717) is 6.42 Å². The van der Waals surface area contributed by atoms with E-state index in [-0.39, 0.29) is 0 Å². The molecule has 2 aromatic rings. The summed E-state index contributed by atoms with van der Waals surface area (Å²) in [6, 6.07) is 21.5. The molecule has 1 heterocycles. The van der Waals surface area contributed by atoms with E-state index in [9.17, 15) is 0 Å². The van der Waals surface area contributed by atoms with Crippen LogP contribution in [0.4, 0.5) is 0 Å². The zero-order valence-corrected chi connectivity index (χ0v) is 13.6. The number of piperidine rings is 1. The molecule has 2 aromatic carbocycles. The first-order valence-corrected chi connectivity index (χ1v) is 8.55. The van der Waals surface area contributed by atoms with Crippen LogP contribution in [0.1, 0.15) is 29.5 Å². The van der Waals surface area contributed by atoms with Crippen LogP contribution < -0.4 is 0 Å². The number of hydrogen-bond donors (Lipinski definition) is 0. The Morgan fingerprint density at radius 2 is 1.57 bits per heavy atom. The van der Waals surface area contributed by atoms with Crippen LogP contribution in [0.15, 0.2) is 54.6 Å². The lowest BCUT2D eigenvalue weighted by molar-refractivity contribution is 0.176. The highest BCUT2D eigenvalue weighted by Gasteiger charge is 2.20. The normalized spacial score (nSPS) is 16.1. The minimum atomic E-state index is 0.515. The monoisotopic (exact) mass is 304 g/mol. The summed E-state index contributed by atoms with van der Waals surface area (Å²) in [6.07, 6.45) is 4.27. The summed E-state index contributed by atoms with van der Waals surface area (Å²) in [5.41, 5.74) is 3.96. The van der Waals surface area contributed by atoms with Crippen LogP contribution >= 0.6 is 0 Å². The molecule has 1 saturated heterocycles. The van der Waals surface area contributed by atoms with E-state index in [1.807, 2.05) is 6.07 Å². The molecule has 1 fully saturated rings. The minimum Gasteiger partial charge on any atom is -0.299 e. The van der Waals surface area contributed by atoms with Crippen molar-refractivity contribution in [2.24, 2.45) is 5.92 Å². The van der Waals surface area contributed by atoms with Gasteiger partial charge in [-0.3, -0.25) is 4.90 Å². The van der Waals surface area contributed by atoms with Crippen LogP contribution in [0, 0.1) is 17.2 Å². The lowest BCUT2D eigenvalue weighted by atomic mass is 9.90. The van der Waals surface area contributed by atoms with Gasteiger partial charge in [0.25, 0.3) is 0 Å². The average molecular weight is 304 g/mol. The summed E-state index contributed by atoms with van der Waals surface area (Å²) in [5.74, 6) is 0.808. The number of benzene rings is 2. The number of likely N-dealkylation sites (tertiary alicyclic amines) is 1. The highest BCUT2D eigenvalue weighted by atomic mass is 15.1. The standard InChI is InChI=1S/C21H24N2/c22-13-10-20-8-4-5-9-21(20)17-23-14-11-19(12-15-23)16-18-6-2-1-3-7-18/h1-9,19H,10-12,14-17H2. The molecule has 0 aliphatic carbocycles. The fraction of sp³-hybridized carbons (Fsp3) is 0.381. The first-order chi connectivity index (χ1) is 11.3. The summed E-state index contributed by atoms with van der Waals surface area (Å²) in [4.78, 5) is 2.54. The molecule has 118 valence electrons. The number of nitrogens with zero attached hydrogens (tertiary/aromatic N) is 2. The number of rotatable bonds is 5. The minimum absolute atomic E-state index is 0.515. The summed E-state index contributed by atoms with van der Waals surface area (Å²) in [5, 5.41) is 8.96. The van der Waals surface area contributed by atoms with Crippen LogP contribution in [0.5, 0.6) is 0 Å². The Balaban J connectivity index is 1.53. The van der Waals surface area contributed by atoms with E-state index in [1.54, 1.807) is 0 Å². The third-order valence-electron chi connectivity index (χ3n) is 4.86. The molecule has 1 aliphatic heterocycles. The fourth-order valence-electron chi connectivity index (χ4n) is 3.51. The Labute approximate surface area is 139 Å². The molecule has 0 unspecified atom stereocenters. The predicted molar refractivity (Wildman–Crippen MR) is 93.9 cm³/mol. The summed E-state index contributed by atoms with van der Waals surface area (Å²) < 4.78 is 0. The maximum absolute atomic E-state index is 8.96. The Hall–Kier alpha value is -2.11. The predicted octanol–water partition coefficient (Wildman–Crippen LogP) is 4.21. The van der Waals surface area contributed by atoms with Crippen molar-refractivity contribution in [2.45, 2.75) is 32.2 Å². The molecule has 0 radical (unpaired) electrons. The lowest BCUT2D eigenvalue weighted by Crippen LogP contribution is -2.34. The van der Waals surface area contributed by atoms with Crippen LogP contribution in [-0.2, 0) is 19.4 Å². The van der Waals surface area contributed by atoms with Gasteiger partial charge < -0.3 is 0 Å². The molecule has 0 bridgehead atoms. The highest BCUT2D eigenvalue weighted by molar-refractivity contribution is 5.29. The molecular formula is C21H24N2. The lowest BCUT2D eigenvalue weighted by Gasteiger charge is -2.32. The molecular weight excluding hydrogens is 280 g/mol. The first kappa shape index (κ1) is 15.8. The van der Waals surface area contributed by atoms with E-state index in [1.165, 1.54) is 49.0 Å². The number of hydrogen-bond acceptors (Lipinski definition) is 2. The third-order valence-corrected chi connectivity index (χ3v) is 4.86. The average Bonchev–Trinajstić information content (AvgIpc) is 2.60. The van der Waals surface area contributed by atoms with Gasteiger partial charge in [0.1, 0.15) is 0 Å². The second-order valence-corrected chi connectivity index (χ2v) is 6.51. The van der Waals surface area contributed by atoms with Crippen LogP contribution in [0.3, 0.4) is 0 Å². The van der Waals surface area contributed by atoms with Crippen molar-refractivity contribution in [3.63, 3.8) is 0 Å². The van der Waals surface area contributed by atoms with E-state index in [4.69, 9.17) is 5.26 Å². The molecule has 1 aliphatic rings. The molecule has 0 aromatic heterocycles. The van der Waals surface area contributed by atoms with Gasteiger partial charge in [0.2, 0.25) is 0 Å². The fourth-order valence-corrected chi connectivity index (χ4v) is 3.51. The van der Waals surface area contributed by atoms with Crippen LogP contribution in [0.2, 0.25) is 0 Å². The maximum atomic E-state index is 8.96. The second-order valence-electron chi connectivity index (χ2n) is 6.51. The van der Waals surface area contributed by atoms with Crippen LogP contribution in [0.25, 0.3) is 0 Å². The van der Waals surface area contributed by atoms with E-state index in [0.717, 1.165) is 12.5 Å². The molecule has 2 nitrogen and oxygen atoms in total. The maximum Gasteiger partial charge on any atom is 0.0669 e. The van der Waals surface area contributed by atoms with Crippen molar-refractivity contribution >= 4 is 0 Å². The van der Waals surface area contributed by atoms with Crippen LogP contribution in [-0.4, -0.2) is 18.0 Å². The van der Waals surface area contributed by atoms with Gasteiger partial charge in [-0.15, -0.1) is 0 Å². The molecule has 23 heavy (non-hydrogen) atoms. The molecule has 0 spiro atoms. The number of nitriles is 1. The highest BCUT2D eigenvalue weighted by Crippen LogP contribution is 2.23. The molecule has 0 amide bonds. The first-order valence-electron chi connectivity index (χ1n) is 8.55.